The van der Waals surface area contributed by atoms with Crippen LogP contribution in [-0.2, 0) is 5.33 Å². The molecular formula is C9H9BrN2S. The molecule has 2 rings (SSSR count). The Kier molecular flexibility index (Phi) is 2.17. The van der Waals surface area contributed by atoms with Gasteiger partial charge in [-0.25, -0.2) is 0 Å². The van der Waals surface area contributed by atoms with Crippen molar-refractivity contribution >= 4 is 48.7 Å². The summed E-state index contributed by atoms with van der Waals surface area (Å²) < 4.78 is 1.20. The number of anilines is 2. The van der Waals surface area contributed by atoms with E-state index >= 15 is 0 Å². The molecule has 13 heavy (non-hydrogen) atoms. The van der Waals surface area contributed by atoms with Gasteiger partial charge in [0.25, 0.3) is 0 Å². The Hall–Kier alpha value is -0.740. The summed E-state index contributed by atoms with van der Waals surface area (Å²) in [6, 6.07) is 3.94. The maximum Gasteiger partial charge on any atom is 0.0506 e. The van der Waals surface area contributed by atoms with Gasteiger partial charge in [0.1, 0.15) is 0 Å². The van der Waals surface area contributed by atoms with Gasteiger partial charge in [-0.2, -0.15) is 0 Å². The van der Waals surface area contributed by atoms with Crippen LogP contribution in [0.5, 0.6) is 0 Å². The van der Waals surface area contributed by atoms with Crippen LogP contribution < -0.4 is 11.5 Å². The molecule has 4 heteroatoms. The number of nitrogen functional groups attached to an aromatic ring is 2. The summed E-state index contributed by atoms with van der Waals surface area (Å²) in [7, 11) is 0. The Morgan fingerprint density at radius 1 is 1.23 bits per heavy atom. The quantitative estimate of drug-likeness (QED) is 0.609. The Bertz CT molecular complexity index is 450. The Morgan fingerprint density at radius 3 is 2.69 bits per heavy atom. The Labute approximate surface area is 88.7 Å². The van der Waals surface area contributed by atoms with Crippen LogP contribution in [0.25, 0.3) is 10.1 Å². The summed E-state index contributed by atoms with van der Waals surface area (Å²) in [5.41, 5.74) is 14.4. The van der Waals surface area contributed by atoms with Crippen molar-refractivity contribution in [2.24, 2.45) is 0 Å². The van der Waals surface area contributed by atoms with Crippen molar-refractivity contribution in [1.82, 2.24) is 0 Å². The largest absolute Gasteiger partial charge is 0.398 e. The minimum atomic E-state index is 0.747. The zero-order valence-corrected chi connectivity index (χ0v) is 9.28. The van der Waals surface area contributed by atoms with Gasteiger partial charge in [0.15, 0.2) is 0 Å². The van der Waals surface area contributed by atoms with Gasteiger partial charge in [0.05, 0.1) is 5.69 Å². The van der Waals surface area contributed by atoms with Gasteiger partial charge < -0.3 is 11.5 Å². The zero-order valence-electron chi connectivity index (χ0n) is 6.88. The molecule has 0 fully saturated rings. The summed E-state index contributed by atoms with van der Waals surface area (Å²) in [6.45, 7) is 0. The number of hydrogen-bond donors (Lipinski definition) is 2. The lowest BCUT2D eigenvalue weighted by Gasteiger charge is -2.04. The molecule has 1 aromatic carbocycles. The summed E-state index contributed by atoms with van der Waals surface area (Å²) in [5, 5.41) is 3.80. The average molecular weight is 257 g/mol. The van der Waals surface area contributed by atoms with Gasteiger partial charge in [-0.15, -0.1) is 11.3 Å². The first kappa shape index (κ1) is 8.84. The smallest absolute Gasteiger partial charge is 0.0506 e. The van der Waals surface area contributed by atoms with Crippen molar-refractivity contribution in [2.45, 2.75) is 5.33 Å². The lowest BCUT2D eigenvalue weighted by atomic mass is 10.1. The third-order valence-corrected chi connectivity index (χ3v) is 3.57. The highest BCUT2D eigenvalue weighted by Gasteiger charge is 2.08. The molecule has 2 nitrogen and oxygen atoms in total. The van der Waals surface area contributed by atoms with Crippen LogP contribution in [0.2, 0.25) is 0 Å². The number of fused-ring (bicyclic) bond motifs is 1. The molecule has 0 amide bonds. The molecule has 4 N–H and O–H groups in total. The monoisotopic (exact) mass is 256 g/mol. The molecule has 0 aliphatic carbocycles. The van der Waals surface area contributed by atoms with E-state index < -0.39 is 0 Å². The second-order valence-electron chi connectivity index (χ2n) is 2.83. The van der Waals surface area contributed by atoms with Crippen LogP contribution in [0.4, 0.5) is 11.4 Å². The van der Waals surface area contributed by atoms with E-state index in [1.807, 2.05) is 17.5 Å². The summed E-state index contributed by atoms with van der Waals surface area (Å²) in [4.78, 5) is 0. The number of thiophene rings is 1. The first-order chi connectivity index (χ1) is 6.24. The molecule has 0 aliphatic heterocycles. The van der Waals surface area contributed by atoms with Crippen molar-refractivity contribution in [3.63, 3.8) is 0 Å². The van der Waals surface area contributed by atoms with Gasteiger partial charge in [-0.1, -0.05) is 15.9 Å². The van der Waals surface area contributed by atoms with E-state index in [1.54, 1.807) is 11.3 Å². The number of hydrogen-bond acceptors (Lipinski definition) is 3. The van der Waals surface area contributed by atoms with Crippen molar-refractivity contribution in [3.8, 4) is 0 Å². The van der Waals surface area contributed by atoms with Crippen LogP contribution in [0, 0.1) is 0 Å². The van der Waals surface area contributed by atoms with E-state index in [4.69, 9.17) is 11.5 Å². The molecule has 0 aliphatic rings. The summed E-state index contributed by atoms with van der Waals surface area (Å²) in [5.74, 6) is 0. The van der Waals surface area contributed by atoms with E-state index in [2.05, 4.69) is 15.9 Å². The third kappa shape index (κ3) is 1.30. The van der Waals surface area contributed by atoms with Gasteiger partial charge in [0.2, 0.25) is 0 Å². The number of benzene rings is 1. The number of nitrogens with two attached hydrogens (primary N) is 2. The molecule has 1 aromatic heterocycles. The highest BCUT2D eigenvalue weighted by atomic mass is 79.9. The average Bonchev–Trinajstić information content (AvgIpc) is 2.49. The maximum absolute atomic E-state index is 5.86. The number of rotatable bonds is 1. The van der Waals surface area contributed by atoms with Crippen LogP contribution in [-0.4, -0.2) is 0 Å². The highest BCUT2D eigenvalue weighted by molar-refractivity contribution is 9.08. The molecule has 0 atom stereocenters. The van der Waals surface area contributed by atoms with E-state index in [-0.39, 0.29) is 0 Å². The van der Waals surface area contributed by atoms with E-state index in [9.17, 15) is 0 Å². The van der Waals surface area contributed by atoms with Gasteiger partial charge in [-0.05, 0) is 17.7 Å². The topological polar surface area (TPSA) is 52.0 Å². The molecule has 0 saturated carbocycles. The molecular weight excluding hydrogens is 248 g/mol. The molecule has 1 heterocycles. The van der Waals surface area contributed by atoms with Gasteiger partial charge in [-0.3, -0.25) is 0 Å². The Balaban J connectivity index is 2.88. The number of halogens is 1. The minimum Gasteiger partial charge on any atom is -0.398 e. The fourth-order valence-electron chi connectivity index (χ4n) is 1.39. The Morgan fingerprint density at radius 2 is 2.00 bits per heavy atom. The first-order valence-corrected chi connectivity index (χ1v) is 5.84. The molecule has 0 bridgehead atoms. The summed E-state index contributed by atoms with van der Waals surface area (Å²) >= 11 is 5.07. The molecule has 0 radical (unpaired) electrons. The minimum absolute atomic E-state index is 0.747. The SMILES string of the molecule is Nc1ccc2scc(N)c2c1CBr. The van der Waals surface area contributed by atoms with Crippen molar-refractivity contribution in [1.29, 1.82) is 0 Å². The zero-order chi connectivity index (χ0) is 9.42. The normalized spacial score (nSPS) is 10.8. The van der Waals surface area contributed by atoms with E-state index in [1.165, 1.54) is 4.70 Å². The van der Waals surface area contributed by atoms with Crippen LogP contribution in [0.1, 0.15) is 5.56 Å². The van der Waals surface area contributed by atoms with Crippen molar-refractivity contribution in [3.05, 3.63) is 23.1 Å². The fraction of sp³-hybridized carbons (Fsp3) is 0.111. The molecule has 2 aromatic rings. The molecule has 0 spiro atoms. The lowest BCUT2D eigenvalue weighted by molar-refractivity contribution is 1.50. The first-order valence-electron chi connectivity index (χ1n) is 3.84. The molecule has 0 saturated heterocycles. The lowest BCUT2D eigenvalue weighted by Crippen LogP contribution is -1.93. The maximum atomic E-state index is 5.86. The van der Waals surface area contributed by atoms with E-state index in [0.717, 1.165) is 27.7 Å². The third-order valence-electron chi connectivity index (χ3n) is 2.05. The van der Waals surface area contributed by atoms with Gasteiger partial charge >= 0.3 is 0 Å². The number of alkyl halides is 1. The van der Waals surface area contributed by atoms with Gasteiger partial charge in [0, 0.05) is 26.5 Å². The van der Waals surface area contributed by atoms with Crippen LogP contribution >= 0.6 is 27.3 Å². The summed E-state index contributed by atoms with van der Waals surface area (Å²) in [6.07, 6.45) is 0. The van der Waals surface area contributed by atoms with Crippen molar-refractivity contribution < 1.29 is 0 Å². The van der Waals surface area contributed by atoms with Crippen LogP contribution in [0.3, 0.4) is 0 Å². The van der Waals surface area contributed by atoms with Crippen LogP contribution in [0.15, 0.2) is 17.5 Å². The standard InChI is InChI=1S/C9H9BrN2S/c10-3-5-6(11)1-2-8-9(5)7(12)4-13-8/h1-2,4H,3,11-12H2. The predicted molar refractivity (Wildman–Crippen MR) is 63.3 cm³/mol. The van der Waals surface area contributed by atoms with E-state index in [0.29, 0.717) is 0 Å². The molecule has 0 unspecified atom stereocenters. The predicted octanol–water partition coefficient (Wildman–Crippen LogP) is 2.96. The fourth-order valence-corrected chi connectivity index (χ4v) is 2.87. The second kappa shape index (κ2) is 3.20. The van der Waals surface area contributed by atoms with Crippen molar-refractivity contribution in [2.75, 3.05) is 11.5 Å². The molecule has 68 valence electrons. The highest BCUT2D eigenvalue weighted by Crippen LogP contribution is 2.34. The second-order valence-corrected chi connectivity index (χ2v) is 4.30.